The van der Waals surface area contributed by atoms with Crippen LogP contribution in [-0.2, 0) is 11.3 Å². The monoisotopic (exact) mass is 324 g/mol. The van der Waals surface area contributed by atoms with Crippen LogP contribution in [0, 0.1) is 5.92 Å². The second-order valence-corrected chi connectivity index (χ2v) is 6.62. The van der Waals surface area contributed by atoms with Crippen LogP contribution in [0.4, 0.5) is 4.79 Å². The molecule has 2 atom stereocenters. The van der Waals surface area contributed by atoms with Gasteiger partial charge in [-0.25, -0.2) is 9.78 Å². The highest BCUT2D eigenvalue weighted by Gasteiger charge is 2.23. The number of aryl methyl sites for hydroxylation is 1. The molecule has 1 fully saturated rings. The molecule has 0 aliphatic heterocycles. The fourth-order valence-corrected chi connectivity index (χ4v) is 3.53. The molecule has 0 unspecified atom stereocenters. The predicted octanol–water partition coefficient (Wildman–Crippen LogP) is 2.40. The summed E-state index contributed by atoms with van der Waals surface area (Å²) >= 11 is 1.33. The first kappa shape index (κ1) is 16.9. The number of nitrogens with zero attached hydrogens (tertiary/aromatic N) is 2. The van der Waals surface area contributed by atoms with Crippen LogP contribution in [-0.4, -0.2) is 33.3 Å². The molecule has 0 aromatic carbocycles. The van der Waals surface area contributed by atoms with E-state index in [0.717, 1.165) is 31.0 Å². The van der Waals surface area contributed by atoms with Gasteiger partial charge in [0.15, 0.2) is 5.16 Å². The normalized spacial score (nSPS) is 21.4. The van der Waals surface area contributed by atoms with Crippen molar-refractivity contribution in [1.82, 2.24) is 20.2 Å². The van der Waals surface area contributed by atoms with E-state index in [0.29, 0.717) is 5.92 Å². The Labute approximate surface area is 135 Å². The molecule has 0 spiro atoms. The Bertz CT molecular complexity index is 517. The van der Waals surface area contributed by atoms with E-state index in [1.807, 2.05) is 17.7 Å². The second kappa shape index (κ2) is 8.22. The molecule has 1 heterocycles. The second-order valence-electron chi connectivity index (χ2n) is 5.67. The lowest BCUT2D eigenvalue weighted by Gasteiger charge is -2.29. The molecule has 1 aliphatic rings. The largest absolute Gasteiger partial charge is 0.335 e. The van der Waals surface area contributed by atoms with Crippen LogP contribution < -0.4 is 10.6 Å². The number of thioether (sulfide) groups is 1. The third-order valence-electron chi connectivity index (χ3n) is 4.03. The summed E-state index contributed by atoms with van der Waals surface area (Å²) in [5, 5.41) is 6.11. The zero-order valence-electron chi connectivity index (χ0n) is 13.2. The third kappa shape index (κ3) is 4.76. The summed E-state index contributed by atoms with van der Waals surface area (Å²) in [6, 6.07) is -0.212. The first-order valence-electron chi connectivity index (χ1n) is 7.84. The van der Waals surface area contributed by atoms with Gasteiger partial charge in [-0.1, -0.05) is 31.5 Å². The van der Waals surface area contributed by atoms with Crippen LogP contribution >= 0.6 is 11.8 Å². The lowest BCUT2D eigenvalue weighted by molar-refractivity contribution is -0.117. The smallest absolute Gasteiger partial charge is 0.321 e. The number of urea groups is 1. The van der Waals surface area contributed by atoms with Gasteiger partial charge in [-0.05, 0) is 25.7 Å². The summed E-state index contributed by atoms with van der Waals surface area (Å²) in [6.45, 7) is 4.97. The van der Waals surface area contributed by atoms with E-state index in [1.165, 1.54) is 18.2 Å². The van der Waals surface area contributed by atoms with Gasteiger partial charge in [-0.3, -0.25) is 10.1 Å². The van der Waals surface area contributed by atoms with E-state index in [1.54, 1.807) is 6.20 Å². The van der Waals surface area contributed by atoms with Crippen molar-refractivity contribution in [1.29, 1.82) is 0 Å². The molecule has 22 heavy (non-hydrogen) atoms. The van der Waals surface area contributed by atoms with Crippen molar-refractivity contribution in [2.75, 3.05) is 5.75 Å². The number of carbonyl (C=O) groups excluding carboxylic acids is 2. The minimum absolute atomic E-state index is 0.174. The van der Waals surface area contributed by atoms with Gasteiger partial charge in [0.1, 0.15) is 0 Å². The number of aromatic nitrogens is 2. The van der Waals surface area contributed by atoms with Crippen LogP contribution in [0.3, 0.4) is 0 Å². The Morgan fingerprint density at radius 1 is 1.41 bits per heavy atom. The molecule has 6 nitrogen and oxygen atoms in total. The zero-order valence-corrected chi connectivity index (χ0v) is 14.0. The lowest BCUT2D eigenvalue weighted by atomic mass is 9.86. The number of imide groups is 1. The van der Waals surface area contributed by atoms with Crippen molar-refractivity contribution in [2.45, 2.75) is 57.3 Å². The molecule has 122 valence electrons. The maximum Gasteiger partial charge on any atom is 0.321 e. The molecule has 7 heteroatoms. The number of hydrogen-bond acceptors (Lipinski definition) is 4. The average molecular weight is 324 g/mol. The summed E-state index contributed by atoms with van der Waals surface area (Å²) < 4.78 is 1.96. The van der Waals surface area contributed by atoms with Crippen LogP contribution in [0.15, 0.2) is 17.6 Å². The lowest BCUT2D eigenvalue weighted by Crippen LogP contribution is -2.48. The molecule has 0 bridgehead atoms. The van der Waals surface area contributed by atoms with E-state index in [-0.39, 0.29) is 23.7 Å². The van der Waals surface area contributed by atoms with E-state index in [9.17, 15) is 9.59 Å². The van der Waals surface area contributed by atoms with Gasteiger partial charge in [0.2, 0.25) is 5.91 Å². The number of rotatable bonds is 5. The third-order valence-corrected chi connectivity index (χ3v) is 5.04. The van der Waals surface area contributed by atoms with Gasteiger partial charge in [-0.15, -0.1) is 0 Å². The van der Waals surface area contributed by atoms with Crippen LogP contribution in [0.1, 0.15) is 39.5 Å². The van der Waals surface area contributed by atoms with Gasteiger partial charge < -0.3 is 9.88 Å². The predicted molar refractivity (Wildman–Crippen MR) is 86.7 cm³/mol. The molecular weight excluding hydrogens is 300 g/mol. The molecule has 2 rings (SSSR count). The highest BCUT2D eigenvalue weighted by Crippen LogP contribution is 2.23. The Kier molecular flexibility index (Phi) is 6.30. The number of hydrogen-bond donors (Lipinski definition) is 2. The maximum absolute atomic E-state index is 11.9. The van der Waals surface area contributed by atoms with Crippen molar-refractivity contribution >= 4 is 23.7 Å². The summed E-state index contributed by atoms with van der Waals surface area (Å²) in [7, 11) is 0. The molecule has 3 amide bonds. The highest BCUT2D eigenvalue weighted by molar-refractivity contribution is 7.99. The quantitative estimate of drug-likeness (QED) is 0.816. The van der Waals surface area contributed by atoms with E-state index < -0.39 is 0 Å². The Morgan fingerprint density at radius 2 is 2.18 bits per heavy atom. The molecule has 1 aliphatic carbocycles. The Hall–Kier alpha value is -1.50. The molecule has 1 aromatic heterocycles. The van der Waals surface area contributed by atoms with Gasteiger partial charge in [0.25, 0.3) is 0 Å². The molecular formula is C15H24N4O2S. The van der Waals surface area contributed by atoms with Crippen LogP contribution in [0.5, 0.6) is 0 Å². The van der Waals surface area contributed by atoms with Crippen molar-refractivity contribution in [3.8, 4) is 0 Å². The number of nitrogens with one attached hydrogen (secondary N) is 2. The first-order valence-corrected chi connectivity index (χ1v) is 8.83. The van der Waals surface area contributed by atoms with Crippen molar-refractivity contribution in [2.24, 2.45) is 5.92 Å². The molecule has 0 saturated heterocycles. The summed E-state index contributed by atoms with van der Waals surface area (Å²) in [6.07, 6.45) is 8.07. The van der Waals surface area contributed by atoms with Crippen LogP contribution in [0.2, 0.25) is 0 Å². The minimum Gasteiger partial charge on any atom is -0.335 e. The van der Waals surface area contributed by atoms with Gasteiger partial charge in [0, 0.05) is 25.0 Å². The number of carbonyl (C=O) groups is 2. The Morgan fingerprint density at radius 3 is 2.91 bits per heavy atom. The number of imidazole rings is 1. The first-order chi connectivity index (χ1) is 10.6. The molecule has 1 aromatic rings. The van der Waals surface area contributed by atoms with Gasteiger partial charge >= 0.3 is 6.03 Å². The summed E-state index contributed by atoms with van der Waals surface area (Å²) in [5.74, 6) is 0.364. The van der Waals surface area contributed by atoms with Crippen molar-refractivity contribution < 1.29 is 9.59 Å². The Balaban J connectivity index is 1.73. The average Bonchev–Trinajstić information content (AvgIpc) is 2.95. The van der Waals surface area contributed by atoms with E-state index >= 15 is 0 Å². The zero-order chi connectivity index (χ0) is 15.9. The van der Waals surface area contributed by atoms with E-state index in [2.05, 4.69) is 22.5 Å². The van der Waals surface area contributed by atoms with Gasteiger partial charge in [-0.2, -0.15) is 0 Å². The minimum atomic E-state index is -0.386. The van der Waals surface area contributed by atoms with Crippen LogP contribution in [0.25, 0.3) is 0 Å². The van der Waals surface area contributed by atoms with Gasteiger partial charge in [0.05, 0.1) is 5.75 Å². The SMILES string of the molecule is CCn1ccnc1SCC(=O)NC(=O)N[C@@H]1CCCC[C@@H]1C. The summed E-state index contributed by atoms with van der Waals surface area (Å²) in [5.41, 5.74) is 0. The number of amides is 3. The van der Waals surface area contributed by atoms with Crippen molar-refractivity contribution in [3.05, 3.63) is 12.4 Å². The molecule has 0 radical (unpaired) electrons. The fourth-order valence-electron chi connectivity index (χ4n) is 2.70. The maximum atomic E-state index is 11.9. The van der Waals surface area contributed by atoms with Crippen molar-refractivity contribution in [3.63, 3.8) is 0 Å². The topological polar surface area (TPSA) is 76.0 Å². The van der Waals surface area contributed by atoms with E-state index in [4.69, 9.17) is 0 Å². The fraction of sp³-hybridized carbons (Fsp3) is 0.667. The highest BCUT2D eigenvalue weighted by atomic mass is 32.2. The standard InChI is InChI=1S/C15H24N4O2S/c1-3-19-9-8-16-15(19)22-10-13(20)18-14(21)17-12-7-5-4-6-11(12)2/h8-9,11-12H,3-7,10H2,1-2H3,(H2,17,18,20,21)/t11-,12+/m0/s1. The summed E-state index contributed by atoms with van der Waals surface area (Å²) in [4.78, 5) is 27.9. The molecule has 2 N–H and O–H groups in total. The molecule has 1 saturated carbocycles.